The summed E-state index contributed by atoms with van der Waals surface area (Å²) in [6.07, 6.45) is 0. The molecule has 0 saturated carbocycles. The van der Waals surface area contributed by atoms with Crippen molar-refractivity contribution < 1.29 is 14.5 Å². The standard InChI is InChI=1S/C16H14N4O4S/c1-10-2-4-12(5-3-10)15(22)18-19-16(25)17-14(21)11-6-8-13(9-7-11)20(23)24/h2-9H,1H3,(H,18,22)(H2,17,19,21,25). The van der Waals surface area contributed by atoms with Crippen molar-refractivity contribution in [3.05, 3.63) is 75.3 Å². The molecule has 0 radical (unpaired) electrons. The van der Waals surface area contributed by atoms with Crippen molar-refractivity contribution in [1.29, 1.82) is 0 Å². The largest absolute Gasteiger partial charge is 0.298 e. The maximum absolute atomic E-state index is 12.0. The van der Waals surface area contributed by atoms with E-state index >= 15 is 0 Å². The van der Waals surface area contributed by atoms with Gasteiger partial charge in [0.2, 0.25) is 0 Å². The second-order valence-corrected chi connectivity index (χ2v) is 5.44. The molecule has 0 aromatic heterocycles. The molecule has 0 atom stereocenters. The SMILES string of the molecule is Cc1ccc(C(=O)NNC(=S)NC(=O)c2ccc([N+](=O)[O-])cc2)cc1. The number of benzene rings is 2. The highest BCUT2D eigenvalue weighted by Gasteiger charge is 2.11. The molecule has 0 aliphatic carbocycles. The summed E-state index contributed by atoms with van der Waals surface area (Å²) >= 11 is 4.92. The van der Waals surface area contributed by atoms with E-state index in [4.69, 9.17) is 12.2 Å². The van der Waals surface area contributed by atoms with Gasteiger partial charge in [-0.15, -0.1) is 0 Å². The number of non-ortho nitro benzene ring substituents is 1. The van der Waals surface area contributed by atoms with Gasteiger partial charge in [-0.1, -0.05) is 17.7 Å². The Morgan fingerprint density at radius 1 is 0.920 bits per heavy atom. The molecule has 128 valence electrons. The van der Waals surface area contributed by atoms with Crippen LogP contribution in [0.1, 0.15) is 26.3 Å². The molecule has 2 amide bonds. The number of rotatable bonds is 3. The Bertz CT molecular complexity index is 819. The first-order valence-corrected chi connectivity index (χ1v) is 7.50. The van der Waals surface area contributed by atoms with Crippen molar-refractivity contribution in [2.24, 2.45) is 0 Å². The Balaban J connectivity index is 1.86. The molecule has 0 saturated heterocycles. The second-order valence-electron chi connectivity index (χ2n) is 5.03. The summed E-state index contributed by atoms with van der Waals surface area (Å²) in [5, 5.41) is 12.8. The van der Waals surface area contributed by atoms with Crippen LogP contribution in [0.5, 0.6) is 0 Å². The summed E-state index contributed by atoms with van der Waals surface area (Å²) < 4.78 is 0. The molecule has 0 aliphatic rings. The van der Waals surface area contributed by atoms with Gasteiger partial charge in [0.05, 0.1) is 4.92 Å². The van der Waals surface area contributed by atoms with E-state index in [0.29, 0.717) is 5.56 Å². The minimum Gasteiger partial charge on any atom is -0.298 e. The third-order valence-corrected chi connectivity index (χ3v) is 3.37. The number of thiocarbonyl (C=S) groups is 1. The quantitative estimate of drug-likeness (QED) is 0.438. The second kappa shape index (κ2) is 7.97. The number of nitro benzene ring substituents is 1. The molecule has 2 rings (SSSR count). The van der Waals surface area contributed by atoms with Crippen molar-refractivity contribution >= 4 is 34.8 Å². The number of nitro groups is 1. The van der Waals surface area contributed by atoms with Crippen LogP contribution in [-0.4, -0.2) is 21.9 Å². The Morgan fingerprint density at radius 3 is 2.00 bits per heavy atom. The number of hydrogen-bond acceptors (Lipinski definition) is 5. The summed E-state index contributed by atoms with van der Waals surface area (Å²) in [6.45, 7) is 1.91. The van der Waals surface area contributed by atoms with E-state index in [0.717, 1.165) is 5.56 Å². The first kappa shape index (κ1) is 18.0. The summed E-state index contributed by atoms with van der Waals surface area (Å²) in [5.41, 5.74) is 6.31. The van der Waals surface area contributed by atoms with Crippen molar-refractivity contribution in [2.75, 3.05) is 0 Å². The van der Waals surface area contributed by atoms with Gasteiger partial charge in [-0.25, -0.2) is 0 Å². The van der Waals surface area contributed by atoms with Crippen molar-refractivity contribution in [2.45, 2.75) is 6.92 Å². The van der Waals surface area contributed by atoms with Gasteiger partial charge in [-0.05, 0) is 43.4 Å². The molecule has 0 bridgehead atoms. The Kier molecular flexibility index (Phi) is 5.75. The van der Waals surface area contributed by atoms with Crippen LogP contribution in [-0.2, 0) is 0 Å². The number of nitrogens with one attached hydrogen (secondary N) is 3. The molecule has 0 aliphatic heterocycles. The first-order valence-electron chi connectivity index (χ1n) is 7.09. The third kappa shape index (κ3) is 5.08. The number of carbonyl (C=O) groups excluding carboxylic acids is 2. The van der Waals surface area contributed by atoms with Gasteiger partial charge in [0.1, 0.15) is 0 Å². The topological polar surface area (TPSA) is 113 Å². The molecule has 9 heteroatoms. The maximum Gasteiger partial charge on any atom is 0.269 e. The zero-order valence-electron chi connectivity index (χ0n) is 13.1. The lowest BCUT2D eigenvalue weighted by Crippen LogP contribution is -2.48. The lowest BCUT2D eigenvalue weighted by Gasteiger charge is -2.11. The van der Waals surface area contributed by atoms with Gasteiger partial charge in [0.25, 0.3) is 17.5 Å². The molecular formula is C16H14N4O4S. The zero-order chi connectivity index (χ0) is 18.4. The normalized spacial score (nSPS) is 9.80. The van der Waals surface area contributed by atoms with Crippen molar-refractivity contribution in [1.82, 2.24) is 16.2 Å². The summed E-state index contributed by atoms with van der Waals surface area (Å²) in [7, 11) is 0. The monoisotopic (exact) mass is 358 g/mol. The van der Waals surface area contributed by atoms with Crippen LogP contribution in [0.3, 0.4) is 0 Å². The molecule has 2 aromatic rings. The number of nitrogens with zero attached hydrogens (tertiary/aromatic N) is 1. The number of amides is 2. The number of hydrogen-bond donors (Lipinski definition) is 3. The lowest BCUT2D eigenvalue weighted by molar-refractivity contribution is -0.384. The van der Waals surface area contributed by atoms with Crippen LogP contribution in [0.4, 0.5) is 5.69 Å². The molecule has 0 fully saturated rings. The summed E-state index contributed by atoms with van der Waals surface area (Å²) in [4.78, 5) is 33.9. The van der Waals surface area contributed by atoms with Gasteiger partial charge in [-0.3, -0.25) is 35.9 Å². The van der Waals surface area contributed by atoms with Crippen molar-refractivity contribution in [3.63, 3.8) is 0 Å². The number of aryl methyl sites for hydroxylation is 1. The predicted octanol–water partition coefficient (Wildman–Crippen LogP) is 1.85. The van der Waals surface area contributed by atoms with Gasteiger partial charge >= 0.3 is 0 Å². The minimum absolute atomic E-state index is 0.108. The van der Waals surface area contributed by atoms with Crippen LogP contribution in [0.2, 0.25) is 0 Å². The van der Waals surface area contributed by atoms with E-state index in [1.54, 1.807) is 24.3 Å². The predicted molar refractivity (Wildman–Crippen MR) is 94.9 cm³/mol. The van der Waals surface area contributed by atoms with E-state index in [2.05, 4.69) is 16.2 Å². The highest BCUT2D eigenvalue weighted by Crippen LogP contribution is 2.11. The van der Waals surface area contributed by atoms with Crippen LogP contribution >= 0.6 is 12.2 Å². The summed E-state index contributed by atoms with van der Waals surface area (Å²) in [6, 6.07) is 11.9. The Labute approximate surface area is 148 Å². The number of carbonyl (C=O) groups is 2. The molecule has 8 nitrogen and oxygen atoms in total. The molecule has 0 unspecified atom stereocenters. The fourth-order valence-corrected chi connectivity index (χ4v) is 1.98. The zero-order valence-corrected chi connectivity index (χ0v) is 13.9. The van der Waals surface area contributed by atoms with E-state index in [1.807, 2.05) is 6.92 Å². The fraction of sp³-hybridized carbons (Fsp3) is 0.0625. The summed E-state index contributed by atoms with van der Waals surface area (Å²) in [5.74, 6) is -0.969. The Hall–Kier alpha value is -3.33. The smallest absolute Gasteiger partial charge is 0.269 e. The van der Waals surface area contributed by atoms with Gasteiger partial charge in [0, 0.05) is 23.3 Å². The fourth-order valence-electron chi connectivity index (χ4n) is 1.83. The van der Waals surface area contributed by atoms with Crippen LogP contribution in [0.25, 0.3) is 0 Å². The lowest BCUT2D eigenvalue weighted by atomic mass is 10.1. The Morgan fingerprint density at radius 2 is 1.44 bits per heavy atom. The molecule has 0 heterocycles. The van der Waals surface area contributed by atoms with Gasteiger partial charge in [-0.2, -0.15) is 0 Å². The van der Waals surface area contributed by atoms with E-state index in [-0.39, 0.29) is 16.4 Å². The highest BCUT2D eigenvalue weighted by molar-refractivity contribution is 7.80. The van der Waals surface area contributed by atoms with Crippen LogP contribution < -0.4 is 16.2 Å². The molecule has 3 N–H and O–H groups in total. The average Bonchev–Trinajstić information content (AvgIpc) is 2.60. The van der Waals surface area contributed by atoms with Crippen molar-refractivity contribution in [3.8, 4) is 0 Å². The van der Waals surface area contributed by atoms with Crippen LogP contribution in [0.15, 0.2) is 48.5 Å². The van der Waals surface area contributed by atoms with E-state index in [9.17, 15) is 19.7 Å². The van der Waals surface area contributed by atoms with E-state index < -0.39 is 16.7 Å². The maximum atomic E-state index is 12.0. The number of hydrazine groups is 1. The van der Waals surface area contributed by atoms with Gasteiger partial charge in [0.15, 0.2) is 5.11 Å². The molecule has 2 aromatic carbocycles. The molecular weight excluding hydrogens is 344 g/mol. The average molecular weight is 358 g/mol. The molecule has 0 spiro atoms. The highest BCUT2D eigenvalue weighted by atomic mass is 32.1. The van der Waals surface area contributed by atoms with Crippen LogP contribution in [0, 0.1) is 17.0 Å². The molecule has 25 heavy (non-hydrogen) atoms. The first-order chi connectivity index (χ1) is 11.9. The van der Waals surface area contributed by atoms with Gasteiger partial charge < -0.3 is 0 Å². The minimum atomic E-state index is -0.561. The third-order valence-electron chi connectivity index (χ3n) is 3.17. The van der Waals surface area contributed by atoms with E-state index in [1.165, 1.54) is 24.3 Å².